The quantitative estimate of drug-likeness (QED) is 0.636. The zero-order chi connectivity index (χ0) is 15.2. The van der Waals surface area contributed by atoms with Crippen molar-refractivity contribution >= 4 is 11.8 Å². The molecule has 1 aromatic carbocycles. The Labute approximate surface area is 129 Å². The van der Waals surface area contributed by atoms with Crippen molar-refractivity contribution in [1.29, 1.82) is 0 Å². The first-order chi connectivity index (χ1) is 10.1. The van der Waals surface area contributed by atoms with Crippen molar-refractivity contribution in [3.8, 4) is 0 Å². The maximum atomic E-state index is 11.4. The number of nitrogens with one attached hydrogen (secondary N) is 2. The van der Waals surface area contributed by atoms with Gasteiger partial charge in [-0.25, -0.2) is 4.98 Å². The summed E-state index contributed by atoms with van der Waals surface area (Å²) in [5, 5.41) is 4.32. The zero-order valence-corrected chi connectivity index (χ0v) is 13.4. The van der Waals surface area contributed by atoms with Crippen LogP contribution in [0.4, 0.5) is 0 Å². The molecule has 0 saturated carbocycles. The Kier molecular flexibility index (Phi) is 5.59. The topological polar surface area (TPSA) is 57.8 Å². The average Bonchev–Trinajstić information content (AvgIpc) is 2.48. The van der Waals surface area contributed by atoms with Gasteiger partial charge in [0.15, 0.2) is 5.16 Å². The van der Waals surface area contributed by atoms with E-state index >= 15 is 0 Å². The highest BCUT2D eigenvalue weighted by atomic mass is 32.2. The molecule has 0 aliphatic heterocycles. The first-order valence-electron chi connectivity index (χ1n) is 7.06. The number of aromatic amines is 1. The van der Waals surface area contributed by atoms with Crippen molar-refractivity contribution in [3.05, 3.63) is 58.5 Å². The van der Waals surface area contributed by atoms with Gasteiger partial charge < -0.3 is 10.3 Å². The summed E-state index contributed by atoms with van der Waals surface area (Å²) in [6.45, 7) is 4.37. The van der Waals surface area contributed by atoms with Crippen LogP contribution in [0.3, 0.4) is 0 Å². The van der Waals surface area contributed by atoms with Crippen LogP contribution in [-0.2, 0) is 0 Å². The van der Waals surface area contributed by atoms with E-state index in [1.165, 1.54) is 11.6 Å². The molecule has 0 amide bonds. The predicted molar refractivity (Wildman–Crippen MR) is 87.6 cm³/mol. The fourth-order valence-corrected chi connectivity index (χ4v) is 3.55. The fourth-order valence-electron chi connectivity index (χ4n) is 2.31. The average molecular weight is 303 g/mol. The fraction of sp³-hybridized carbons (Fsp3) is 0.375. The van der Waals surface area contributed by atoms with Crippen molar-refractivity contribution in [1.82, 2.24) is 15.3 Å². The van der Waals surface area contributed by atoms with Crippen LogP contribution in [0, 0.1) is 5.92 Å². The number of benzene rings is 1. The van der Waals surface area contributed by atoms with Gasteiger partial charge in [-0.2, -0.15) is 0 Å². The molecule has 0 aliphatic carbocycles. The smallest absolute Gasteiger partial charge is 0.251 e. The van der Waals surface area contributed by atoms with E-state index in [1.54, 1.807) is 18.0 Å². The van der Waals surface area contributed by atoms with E-state index in [9.17, 15) is 4.79 Å². The third-order valence-electron chi connectivity index (χ3n) is 3.35. The molecule has 2 atom stereocenters. The molecule has 0 fully saturated rings. The first-order valence-corrected chi connectivity index (χ1v) is 7.94. The van der Waals surface area contributed by atoms with Crippen LogP contribution in [0.1, 0.15) is 25.5 Å². The molecule has 0 bridgehead atoms. The van der Waals surface area contributed by atoms with Crippen molar-refractivity contribution in [2.45, 2.75) is 30.3 Å². The molecule has 1 aromatic heterocycles. The Bertz CT molecular complexity index is 612. The Morgan fingerprint density at radius 1 is 1.19 bits per heavy atom. The number of H-pyrrole nitrogens is 1. The molecule has 2 unspecified atom stereocenters. The number of thioether (sulfide) groups is 1. The van der Waals surface area contributed by atoms with E-state index in [-0.39, 0.29) is 16.9 Å². The highest BCUT2D eigenvalue weighted by molar-refractivity contribution is 7.99. The normalized spacial score (nSPS) is 14.1. The van der Waals surface area contributed by atoms with Crippen LogP contribution >= 0.6 is 11.8 Å². The summed E-state index contributed by atoms with van der Waals surface area (Å²) in [6.07, 6.45) is 1.55. The second-order valence-electron chi connectivity index (χ2n) is 5.24. The van der Waals surface area contributed by atoms with Crippen LogP contribution in [-0.4, -0.2) is 22.3 Å². The Balaban J connectivity index is 2.27. The van der Waals surface area contributed by atoms with Gasteiger partial charge in [0.1, 0.15) is 0 Å². The summed E-state index contributed by atoms with van der Waals surface area (Å²) < 4.78 is 0. The highest BCUT2D eigenvalue weighted by Gasteiger charge is 2.26. The van der Waals surface area contributed by atoms with Crippen molar-refractivity contribution < 1.29 is 0 Å². The van der Waals surface area contributed by atoms with Gasteiger partial charge in [0.2, 0.25) is 0 Å². The SMILES string of the molecule is CNC(c1ccccc1)C(Sc1nccc(=O)[nH]1)C(C)C. The van der Waals surface area contributed by atoms with Crippen LogP contribution in [0.5, 0.6) is 0 Å². The highest BCUT2D eigenvalue weighted by Crippen LogP contribution is 2.34. The molecule has 2 rings (SSSR count). The summed E-state index contributed by atoms with van der Waals surface area (Å²) in [7, 11) is 1.97. The molecule has 0 spiro atoms. The number of nitrogens with zero attached hydrogens (tertiary/aromatic N) is 1. The largest absolute Gasteiger partial charge is 0.312 e. The molecule has 2 aromatic rings. The minimum atomic E-state index is -0.115. The summed E-state index contributed by atoms with van der Waals surface area (Å²) >= 11 is 1.61. The Morgan fingerprint density at radius 3 is 2.48 bits per heavy atom. The lowest BCUT2D eigenvalue weighted by molar-refractivity contribution is 0.472. The molecule has 2 N–H and O–H groups in total. The van der Waals surface area contributed by atoms with Crippen LogP contribution in [0.2, 0.25) is 0 Å². The number of aromatic nitrogens is 2. The van der Waals surface area contributed by atoms with E-state index in [4.69, 9.17) is 0 Å². The van der Waals surface area contributed by atoms with E-state index in [0.29, 0.717) is 11.1 Å². The summed E-state index contributed by atoms with van der Waals surface area (Å²) in [5.41, 5.74) is 1.13. The zero-order valence-electron chi connectivity index (χ0n) is 12.5. The standard InChI is InChI=1S/C16H21N3OS/c1-11(2)15(21-16-18-10-9-13(20)19-16)14(17-3)12-7-5-4-6-8-12/h4-11,14-15,17H,1-3H3,(H,18,19,20). The van der Waals surface area contributed by atoms with Gasteiger partial charge in [-0.15, -0.1) is 0 Å². The Hall–Kier alpha value is -1.59. The Morgan fingerprint density at radius 2 is 1.90 bits per heavy atom. The van der Waals surface area contributed by atoms with Gasteiger partial charge in [0.25, 0.3) is 5.56 Å². The van der Waals surface area contributed by atoms with Gasteiger partial charge in [-0.1, -0.05) is 55.9 Å². The van der Waals surface area contributed by atoms with Gasteiger partial charge in [-0.05, 0) is 18.5 Å². The second kappa shape index (κ2) is 7.43. The lowest BCUT2D eigenvalue weighted by Gasteiger charge is -2.29. The van der Waals surface area contributed by atoms with Crippen molar-refractivity contribution in [3.63, 3.8) is 0 Å². The third kappa shape index (κ3) is 4.19. The van der Waals surface area contributed by atoms with Crippen LogP contribution in [0.15, 0.2) is 52.5 Å². The summed E-state index contributed by atoms with van der Waals surface area (Å²) in [6, 6.07) is 12.0. The van der Waals surface area contributed by atoms with Crippen molar-refractivity contribution in [2.24, 2.45) is 5.92 Å². The molecule has 21 heavy (non-hydrogen) atoms. The molecule has 1 heterocycles. The number of hydrogen-bond acceptors (Lipinski definition) is 4. The summed E-state index contributed by atoms with van der Waals surface area (Å²) in [4.78, 5) is 18.5. The second-order valence-corrected chi connectivity index (χ2v) is 6.41. The molecule has 0 aliphatic rings. The van der Waals surface area contributed by atoms with Gasteiger partial charge in [0, 0.05) is 23.6 Å². The predicted octanol–water partition coefficient (Wildman–Crippen LogP) is 2.85. The molecular weight excluding hydrogens is 282 g/mol. The van der Waals surface area contributed by atoms with E-state index in [2.05, 4.69) is 41.3 Å². The number of hydrogen-bond donors (Lipinski definition) is 2. The van der Waals surface area contributed by atoms with Crippen LogP contribution < -0.4 is 10.9 Å². The number of rotatable bonds is 6. The lowest BCUT2D eigenvalue weighted by Crippen LogP contribution is -2.31. The maximum Gasteiger partial charge on any atom is 0.251 e. The van der Waals surface area contributed by atoms with E-state index in [0.717, 1.165) is 0 Å². The van der Waals surface area contributed by atoms with Gasteiger partial charge in [-0.3, -0.25) is 4.79 Å². The van der Waals surface area contributed by atoms with Gasteiger partial charge in [0.05, 0.1) is 0 Å². The maximum absolute atomic E-state index is 11.4. The molecule has 112 valence electrons. The van der Waals surface area contributed by atoms with Crippen molar-refractivity contribution in [2.75, 3.05) is 7.05 Å². The minimum Gasteiger partial charge on any atom is -0.312 e. The molecule has 5 heteroatoms. The lowest BCUT2D eigenvalue weighted by atomic mass is 9.96. The van der Waals surface area contributed by atoms with Gasteiger partial charge >= 0.3 is 0 Å². The third-order valence-corrected chi connectivity index (χ3v) is 4.87. The van der Waals surface area contributed by atoms with Crippen LogP contribution in [0.25, 0.3) is 0 Å². The van der Waals surface area contributed by atoms with E-state index in [1.807, 2.05) is 25.2 Å². The monoisotopic (exact) mass is 303 g/mol. The summed E-state index contributed by atoms with van der Waals surface area (Å²) in [5.74, 6) is 0.429. The molecule has 4 nitrogen and oxygen atoms in total. The van der Waals surface area contributed by atoms with E-state index < -0.39 is 0 Å². The molecule has 0 saturated heterocycles. The first kappa shape index (κ1) is 15.8. The molecular formula is C16H21N3OS. The minimum absolute atomic E-state index is 0.115. The molecule has 0 radical (unpaired) electrons.